The molecule has 2 aromatic rings. The fraction of sp³-hybridized carbons (Fsp3) is 0.533. The number of benzene rings is 1. The maximum atomic E-state index is 13.8. The Balaban J connectivity index is 1.42. The van der Waals surface area contributed by atoms with Gasteiger partial charge in [-0.25, -0.2) is 4.79 Å². The number of carbonyl (C=O) groups is 3. The summed E-state index contributed by atoms with van der Waals surface area (Å²) in [5.74, 6) is -1.07. The zero-order valence-corrected chi connectivity index (χ0v) is 23.4. The van der Waals surface area contributed by atoms with E-state index in [1.807, 2.05) is 29.2 Å². The third-order valence-corrected chi connectivity index (χ3v) is 8.50. The number of hydrogen-bond acceptors (Lipinski definition) is 6. The predicted octanol–water partition coefficient (Wildman–Crippen LogP) is 3.08. The smallest absolute Gasteiger partial charge is 0.319 e. The maximum absolute atomic E-state index is 13.8. The Morgan fingerprint density at radius 2 is 2.08 bits per heavy atom. The van der Waals surface area contributed by atoms with Gasteiger partial charge in [-0.3, -0.25) is 19.5 Å². The number of hydrogen-bond donors (Lipinski definition) is 1. The Morgan fingerprint density at radius 3 is 2.77 bits per heavy atom. The van der Waals surface area contributed by atoms with Crippen LogP contribution in [0.4, 0.5) is 10.5 Å². The summed E-state index contributed by atoms with van der Waals surface area (Å²) in [7, 11) is 1.78. The topological polar surface area (TPSA) is 107 Å². The van der Waals surface area contributed by atoms with Gasteiger partial charge in [0.05, 0.1) is 31.0 Å². The summed E-state index contributed by atoms with van der Waals surface area (Å²) in [4.78, 5) is 50.7. The number of unbranched alkanes of at least 4 members (excludes halogenated alkanes) is 1. The molecule has 0 aliphatic carbocycles. The van der Waals surface area contributed by atoms with Gasteiger partial charge in [-0.05, 0) is 42.2 Å². The summed E-state index contributed by atoms with van der Waals surface area (Å²) < 4.78 is 5.68. The highest BCUT2D eigenvalue weighted by Crippen LogP contribution is 2.41. The number of amides is 3. The number of anilines is 1. The highest BCUT2D eigenvalue weighted by atomic mass is 16.5. The van der Waals surface area contributed by atoms with Gasteiger partial charge in [0, 0.05) is 64.3 Å². The Labute approximate surface area is 235 Å². The van der Waals surface area contributed by atoms with Crippen LogP contribution in [0.1, 0.15) is 43.2 Å². The van der Waals surface area contributed by atoms with Crippen LogP contribution >= 0.6 is 0 Å². The molecule has 3 aliphatic rings. The quantitative estimate of drug-likeness (QED) is 0.459. The van der Waals surface area contributed by atoms with E-state index >= 15 is 0 Å². The van der Waals surface area contributed by atoms with Gasteiger partial charge in [-0.1, -0.05) is 25.5 Å². The zero-order chi connectivity index (χ0) is 28.2. The van der Waals surface area contributed by atoms with Crippen LogP contribution < -0.4 is 9.64 Å². The Morgan fingerprint density at radius 1 is 1.23 bits per heavy atom. The van der Waals surface area contributed by atoms with E-state index in [2.05, 4.69) is 18.0 Å². The lowest BCUT2D eigenvalue weighted by molar-refractivity contribution is -0.143. The number of carboxylic acid groups (broad SMARTS) is 1. The number of pyridine rings is 1. The number of carbonyl (C=O) groups excluding carboxylic acids is 2. The van der Waals surface area contributed by atoms with Gasteiger partial charge in [0.25, 0.3) is 0 Å². The normalized spacial score (nSPS) is 22.4. The molecule has 1 N–H and O–H groups in total. The number of nitrogens with zero attached hydrogens (tertiary/aromatic N) is 5. The minimum atomic E-state index is -0.873. The van der Waals surface area contributed by atoms with Crippen molar-refractivity contribution in [3.63, 3.8) is 0 Å². The molecular weight excluding hydrogens is 510 g/mol. The van der Waals surface area contributed by atoms with Gasteiger partial charge in [-0.15, -0.1) is 0 Å². The SMILES string of the molecule is CCCCN(C(=O)CN1C[C@H](c2ccc3c(c2)CCO3)[C@@H](C(=O)O)[C@@H]1CCN1CCN(C)C1=O)c1cccnc1. The lowest BCUT2D eigenvalue weighted by atomic mass is 9.83. The first-order valence-electron chi connectivity index (χ1n) is 14.3. The van der Waals surface area contributed by atoms with Crippen LogP contribution in [0.5, 0.6) is 5.75 Å². The average Bonchev–Trinajstić information content (AvgIpc) is 3.65. The van der Waals surface area contributed by atoms with Gasteiger partial charge in [0.15, 0.2) is 0 Å². The van der Waals surface area contributed by atoms with Crippen molar-refractivity contribution in [2.75, 3.05) is 57.8 Å². The molecule has 0 spiro atoms. The van der Waals surface area contributed by atoms with E-state index in [9.17, 15) is 19.5 Å². The van der Waals surface area contributed by atoms with Crippen LogP contribution in [-0.4, -0.2) is 102 Å². The first-order valence-corrected chi connectivity index (χ1v) is 14.3. The lowest BCUT2D eigenvalue weighted by Gasteiger charge is -2.30. The summed E-state index contributed by atoms with van der Waals surface area (Å²) in [5.41, 5.74) is 2.80. The van der Waals surface area contributed by atoms with Gasteiger partial charge < -0.3 is 24.5 Å². The number of ether oxygens (including phenoxy) is 1. The number of likely N-dealkylation sites (N-methyl/N-ethyl adjacent to an activating group) is 1. The van der Waals surface area contributed by atoms with Crippen molar-refractivity contribution in [1.82, 2.24) is 19.7 Å². The number of likely N-dealkylation sites (tertiary alicyclic amines) is 1. The summed E-state index contributed by atoms with van der Waals surface area (Å²) in [5, 5.41) is 10.5. The van der Waals surface area contributed by atoms with E-state index in [-0.39, 0.29) is 24.4 Å². The molecule has 0 radical (unpaired) electrons. The van der Waals surface area contributed by atoms with E-state index in [0.717, 1.165) is 41.8 Å². The second-order valence-corrected chi connectivity index (χ2v) is 11.0. The third-order valence-electron chi connectivity index (χ3n) is 8.50. The van der Waals surface area contributed by atoms with Crippen LogP contribution in [0.2, 0.25) is 0 Å². The van der Waals surface area contributed by atoms with Crippen molar-refractivity contribution in [3.8, 4) is 5.75 Å². The number of fused-ring (bicyclic) bond motifs is 1. The summed E-state index contributed by atoms with van der Waals surface area (Å²) in [6.45, 7) is 5.59. The lowest BCUT2D eigenvalue weighted by Crippen LogP contribution is -2.46. The molecule has 0 unspecified atom stereocenters. The molecular formula is C30H39N5O5. The molecule has 3 atom stereocenters. The van der Waals surface area contributed by atoms with Crippen molar-refractivity contribution in [3.05, 3.63) is 53.9 Å². The number of rotatable bonds is 11. The Kier molecular flexibility index (Phi) is 8.54. The van der Waals surface area contributed by atoms with Crippen molar-refractivity contribution >= 4 is 23.6 Å². The predicted molar refractivity (Wildman–Crippen MR) is 151 cm³/mol. The molecule has 40 heavy (non-hydrogen) atoms. The van der Waals surface area contributed by atoms with Crippen molar-refractivity contribution < 1.29 is 24.2 Å². The average molecular weight is 550 g/mol. The van der Waals surface area contributed by atoms with E-state index < -0.39 is 17.9 Å². The molecule has 4 heterocycles. The van der Waals surface area contributed by atoms with Crippen LogP contribution in [0, 0.1) is 5.92 Å². The monoisotopic (exact) mass is 549 g/mol. The van der Waals surface area contributed by atoms with Gasteiger partial charge in [0.1, 0.15) is 5.75 Å². The molecule has 2 saturated heterocycles. The fourth-order valence-electron chi connectivity index (χ4n) is 6.31. The van der Waals surface area contributed by atoms with E-state index in [0.29, 0.717) is 45.8 Å². The molecule has 3 aliphatic heterocycles. The van der Waals surface area contributed by atoms with E-state index in [1.165, 1.54) is 0 Å². The number of aliphatic carboxylic acids is 1. The Hall–Kier alpha value is -3.66. The molecule has 10 heteroatoms. The zero-order valence-electron chi connectivity index (χ0n) is 23.4. The second-order valence-electron chi connectivity index (χ2n) is 11.0. The molecule has 1 aromatic heterocycles. The minimum Gasteiger partial charge on any atom is -0.493 e. The Bertz CT molecular complexity index is 1220. The van der Waals surface area contributed by atoms with Crippen molar-refractivity contribution in [1.29, 1.82) is 0 Å². The van der Waals surface area contributed by atoms with Crippen molar-refractivity contribution in [2.45, 2.75) is 44.6 Å². The first-order chi connectivity index (χ1) is 19.4. The van der Waals surface area contributed by atoms with Crippen molar-refractivity contribution in [2.24, 2.45) is 5.92 Å². The first kappa shape index (κ1) is 27.9. The molecule has 5 rings (SSSR count). The number of aromatic nitrogens is 1. The fourth-order valence-corrected chi connectivity index (χ4v) is 6.31. The maximum Gasteiger partial charge on any atom is 0.319 e. The largest absolute Gasteiger partial charge is 0.493 e. The van der Waals surface area contributed by atoms with Gasteiger partial charge >= 0.3 is 12.0 Å². The molecule has 0 saturated carbocycles. The molecule has 3 amide bonds. The molecule has 10 nitrogen and oxygen atoms in total. The van der Waals surface area contributed by atoms with Crippen LogP contribution in [-0.2, 0) is 16.0 Å². The number of urea groups is 1. The summed E-state index contributed by atoms with van der Waals surface area (Å²) >= 11 is 0. The van der Waals surface area contributed by atoms with Gasteiger partial charge in [0.2, 0.25) is 5.91 Å². The minimum absolute atomic E-state index is 0.0370. The van der Waals surface area contributed by atoms with Gasteiger partial charge in [-0.2, -0.15) is 0 Å². The summed E-state index contributed by atoms with van der Waals surface area (Å²) in [6, 6.07) is 9.25. The van der Waals surface area contributed by atoms with Crippen LogP contribution in [0.25, 0.3) is 0 Å². The molecule has 0 bridgehead atoms. The summed E-state index contributed by atoms with van der Waals surface area (Å²) in [6.07, 6.45) is 6.47. The van der Waals surface area contributed by atoms with Crippen LogP contribution in [0.15, 0.2) is 42.7 Å². The highest BCUT2D eigenvalue weighted by molar-refractivity contribution is 5.94. The third kappa shape index (κ3) is 5.77. The molecule has 214 valence electrons. The highest BCUT2D eigenvalue weighted by Gasteiger charge is 2.47. The number of carboxylic acids is 1. The second kappa shape index (κ2) is 12.2. The molecule has 1 aromatic carbocycles. The van der Waals surface area contributed by atoms with Crippen LogP contribution in [0.3, 0.4) is 0 Å². The van der Waals surface area contributed by atoms with E-state index in [4.69, 9.17) is 4.74 Å². The molecule has 2 fully saturated rings. The van der Waals surface area contributed by atoms with E-state index in [1.54, 1.807) is 34.1 Å². The standard InChI is InChI=1S/C30H39N5O5/c1-3-4-12-35(23-6-5-11-31-18-23)27(36)20-34-19-24(21-7-8-26-22(17-21)10-16-40-26)28(29(37)38)25(34)9-13-33-15-14-32(2)30(33)39/h5-8,11,17-18,24-25,28H,3-4,9-10,12-16,19-20H2,1-2H3,(H,37,38)/t24-,25+,28-/m1/s1.